The number of nitrogens with zero attached hydrogens (tertiary/aromatic N) is 8. The van der Waals surface area contributed by atoms with Crippen LogP contribution in [-0.2, 0) is 26.3 Å². The molecule has 0 unspecified atom stereocenters. The Kier molecular flexibility index (Phi) is 21.2. The van der Waals surface area contributed by atoms with Crippen LogP contribution in [0.2, 0.25) is 0 Å². The Morgan fingerprint density at radius 1 is 0.355 bits per heavy atom. The van der Waals surface area contributed by atoms with Crippen LogP contribution in [0.5, 0.6) is 0 Å². The van der Waals surface area contributed by atoms with Crippen LogP contribution >= 0.6 is 40.4 Å². The summed E-state index contributed by atoms with van der Waals surface area (Å²) in [6.07, 6.45) is 3.74. The summed E-state index contributed by atoms with van der Waals surface area (Å²) in [4.78, 5) is 20.0. The first-order valence-electron chi connectivity index (χ1n) is 24.2. The third-order valence-electron chi connectivity index (χ3n) is 12.5. The average Bonchev–Trinajstić information content (AvgIpc) is 3.99. The molecule has 0 N–H and O–H groups in total. The molecule has 10 rings (SSSR count). The predicted octanol–water partition coefficient (Wildman–Crippen LogP) is 18.0. The molecule has 76 heavy (non-hydrogen) atoms. The van der Waals surface area contributed by atoms with Crippen molar-refractivity contribution < 1.29 is 26.3 Å². The second-order valence-corrected chi connectivity index (χ2v) is 21.5. The van der Waals surface area contributed by atoms with Gasteiger partial charge in [-0.1, -0.05) is 170 Å². The minimum absolute atomic E-state index is 0.194. The monoisotopic (exact) mass is 1160 g/mol. The molecule has 0 aliphatic heterocycles. The molecule has 0 aliphatic rings. The van der Waals surface area contributed by atoms with Gasteiger partial charge in [0.2, 0.25) is 0 Å². The van der Waals surface area contributed by atoms with E-state index >= 15 is 0 Å². The van der Waals surface area contributed by atoms with Crippen molar-refractivity contribution in [3.05, 3.63) is 249 Å². The third kappa shape index (κ3) is 14.1. The summed E-state index contributed by atoms with van der Waals surface area (Å²) in [5, 5.41) is 12.1. The van der Waals surface area contributed by atoms with Crippen LogP contribution in [0.15, 0.2) is 202 Å². The number of benzene rings is 8. The first-order chi connectivity index (χ1) is 36.9. The molecule has 0 fully saturated rings. The fourth-order valence-electron chi connectivity index (χ4n) is 8.78. The van der Waals surface area contributed by atoms with Crippen molar-refractivity contribution >= 4 is 109 Å². The summed E-state index contributed by atoms with van der Waals surface area (Å²) in [6, 6.07) is 61.9. The third-order valence-corrected chi connectivity index (χ3v) is 12.5. The fraction of sp³-hybridized carbons (Fsp3) is 0.129. The Morgan fingerprint density at radius 2 is 0.618 bits per heavy atom. The molecule has 0 bridgehead atoms. The van der Waals surface area contributed by atoms with Crippen LogP contribution in [0, 0.1) is 55.4 Å². The average molecular weight is 1170 g/mol. The number of fused-ring (bicyclic) bond motifs is 2. The summed E-state index contributed by atoms with van der Waals surface area (Å²) in [6.45, 7) is 16.7. The number of aliphatic imine (C=N–C) groups is 4. The summed E-state index contributed by atoms with van der Waals surface area (Å²) in [5.74, 6) is 1.57. The quantitative estimate of drug-likeness (QED) is 0.0862. The van der Waals surface area contributed by atoms with Gasteiger partial charge in [0.1, 0.15) is 11.4 Å². The SMILES string of the molecule is Cc1cccc(C)c1N=Cc1nn(C(=Nc2c(C)cccc2C)c2ccccc2)c2ccccc12.Cc1cccc(C)c1N=Cc1nn(C(=Nc2c(C)cccc2C)c2ccccc2)c2ccccc12.[Cl][Fe][Cl].[Cl][Fe][Cl]. The number of rotatable bonds is 8. The van der Waals surface area contributed by atoms with Gasteiger partial charge in [-0.25, -0.2) is 19.3 Å². The van der Waals surface area contributed by atoms with E-state index in [1.807, 2.05) is 82.5 Å². The second-order valence-electron chi connectivity index (χ2n) is 17.8. The molecule has 0 spiro atoms. The van der Waals surface area contributed by atoms with Crippen LogP contribution < -0.4 is 0 Å². The molecule has 0 amide bonds. The van der Waals surface area contributed by atoms with E-state index in [1.54, 1.807) is 0 Å². The Morgan fingerprint density at radius 3 is 0.921 bits per heavy atom. The Labute approximate surface area is 475 Å². The van der Waals surface area contributed by atoms with E-state index in [0.29, 0.717) is 0 Å². The molecule has 0 aliphatic carbocycles. The molecule has 0 saturated carbocycles. The number of hydrogen-bond acceptors (Lipinski definition) is 6. The van der Waals surface area contributed by atoms with Crippen molar-refractivity contribution in [2.45, 2.75) is 55.4 Å². The van der Waals surface area contributed by atoms with Crippen LogP contribution in [0.1, 0.15) is 67.0 Å². The van der Waals surface area contributed by atoms with E-state index in [4.69, 9.17) is 70.6 Å². The van der Waals surface area contributed by atoms with Gasteiger partial charge in [0.15, 0.2) is 11.7 Å². The van der Waals surface area contributed by atoms with E-state index in [1.165, 1.54) is 0 Å². The second kappa shape index (κ2) is 28.1. The zero-order valence-corrected chi connectivity index (χ0v) is 48.5. The van der Waals surface area contributed by atoms with Crippen LogP contribution in [-0.4, -0.2) is 43.7 Å². The molecular formula is C62H56Cl4Fe2N8. The topological polar surface area (TPSA) is 85.1 Å². The molecule has 2 heterocycles. The van der Waals surface area contributed by atoms with Crippen LogP contribution in [0.3, 0.4) is 0 Å². The van der Waals surface area contributed by atoms with E-state index in [0.717, 1.165) is 123 Å². The Hall–Kier alpha value is -6.42. The van der Waals surface area contributed by atoms with Gasteiger partial charge in [-0.3, -0.25) is 9.98 Å². The molecule has 0 radical (unpaired) electrons. The molecule has 14 heteroatoms. The predicted molar refractivity (Wildman–Crippen MR) is 317 cm³/mol. The van der Waals surface area contributed by atoms with Crippen molar-refractivity contribution in [1.29, 1.82) is 0 Å². The summed E-state index contributed by atoms with van der Waals surface area (Å²) in [5.41, 5.74) is 18.6. The molecule has 388 valence electrons. The molecule has 8 nitrogen and oxygen atoms in total. The zero-order chi connectivity index (χ0) is 54.1. The summed E-state index contributed by atoms with van der Waals surface area (Å²) in [7, 11) is 19.1. The van der Waals surface area contributed by atoms with Gasteiger partial charge < -0.3 is 0 Å². The maximum absolute atomic E-state index is 5.18. The first kappa shape index (κ1) is 57.3. The van der Waals surface area contributed by atoms with E-state index in [9.17, 15) is 0 Å². The van der Waals surface area contributed by atoms with Crippen LogP contribution in [0.4, 0.5) is 22.7 Å². The van der Waals surface area contributed by atoms with Crippen molar-refractivity contribution in [2.24, 2.45) is 20.0 Å². The zero-order valence-electron chi connectivity index (χ0n) is 43.3. The first-order valence-corrected chi connectivity index (χ1v) is 30.2. The molecule has 0 saturated heterocycles. The number of para-hydroxylation sites is 6. The van der Waals surface area contributed by atoms with Crippen molar-refractivity contribution in [1.82, 2.24) is 19.6 Å². The molecule has 2 aromatic heterocycles. The normalized spacial score (nSPS) is 11.7. The van der Waals surface area contributed by atoms with Gasteiger partial charge in [-0.05, 0) is 112 Å². The number of aromatic nitrogens is 4. The minimum atomic E-state index is 0.194. The number of aryl methyl sites for hydroxylation is 8. The molecule has 8 aromatic carbocycles. The van der Waals surface area contributed by atoms with Crippen molar-refractivity contribution in [3.63, 3.8) is 0 Å². The Balaban J connectivity index is 0.000000201. The van der Waals surface area contributed by atoms with Gasteiger partial charge in [0.25, 0.3) is 0 Å². The van der Waals surface area contributed by atoms with Gasteiger partial charge in [-0.2, -0.15) is 10.2 Å². The molecule has 0 atom stereocenters. The number of hydrogen-bond donors (Lipinski definition) is 0. The molecule has 10 aromatic rings. The van der Waals surface area contributed by atoms with Crippen molar-refractivity contribution in [2.75, 3.05) is 0 Å². The fourth-order valence-corrected chi connectivity index (χ4v) is 8.78. The van der Waals surface area contributed by atoms with Gasteiger partial charge >= 0.3 is 66.7 Å². The van der Waals surface area contributed by atoms with E-state index in [2.05, 4.69) is 177 Å². The van der Waals surface area contributed by atoms with E-state index in [-0.39, 0.29) is 26.3 Å². The standard InChI is InChI=1S/2C31H28N4.4ClH.2Fe/c2*1-21-12-10-13-22(2)29(21)32-20-27-26-18-8-9-19-28(26)35(34-27)31(25-16-6-5-7-17-25)33-30-23(3)14-11-15-24(30)4;;;;;;/h2*5-20H,1-4H3;4*1H;;/q;;;;;;2*+2/p-4. The van der Waals surface area contributed by atoms with E-state index < -0.39 is 0 Å². The summed E-state index contributed by atoms with van der Waals surface area (Å²) >= 11 is 0.389. The number of halogens is 4. The Bertz CT molecular complexity index is 3380. The van der Waals surface area contributed by atoms with Gasteiger partial charge in [0, 0.05) is 21.9 Å². The van der Waals surface area contributed by atoms with Gasteiger partial charge in [0.05, 0.1) is 46.2 Å². The summed E-state index contributed by atoms with van der Waals surface area (Å²) < 4.78 is 3.89. The maximum atomic E-state index is 5.18. The molecular weight excluding hydrogens is 1110 g/mol. The van der Waals surface area contributed by atoms with Gasteiger partial charge in [-0.15, -0.1) is 0 Å². The van der Waals surface area contributed by atoms with Crippen molar-refractivity contribution in [3.8, 4) is 0 Å². The van der Waals surface area contributed by atoms with Crippen LogP contribution in [0.25, 0.3) is 21.8 Å².